The number of nitrogens with zero attached hydrogens (tertiary/aromatic N) is 1. The van der Waals surface area contributed by atoms with E-state index >= 15 is 0 Å². The largest absolute Gasteiger partial charge is 0.481 e. The van der Waals surface area contributed by atoms with Crippen LogP contribution in [0.25, 0.3) is 0 Å². The Morgan fingerprint density at radius 3 is 2.35 bits per heavy atom. The highest BCUT2D eigenvalue weighted by atomic mass is 16.4. The van der Waals surface area contributed by atoms with E-state index in [0.717, 1.165) is 38.6 Å². The van der Waals surface area contributed by atoms with Crippen molar-refractivity contribution in [3.8, 4) is 0 Å². The predicted molar refractivity (Wildman–Crippen MR) is 77.7 cm³/mol. The van der Waals surface area contributed by atoms with Gasteiger partial charge in [0.25, 0.3) is 0 Å². The molecule has 1 fully saturated rings. The maximum Gasteiger partial charge on any atom is 0.314 e. The number of urea groups is 1. The minimum Gasteiger partial charge on any atom is -0.481 e. The second kappa shape index (κ2) is 8.79. The molecule has 0 aliphatic heterocycles. The molecule has 0 radical (unpaired) electrons. The van der Waals surface area contributed by atoms with Crippen LogP contribution in [-0.4, -0.2) is 55.7 Å². The second-order valence-electron chi connectivity index (χ2n) is 5.85. The second-order valence-corrected chi connectivity index (χ2v) is 5.85. The van der Waals surface area contributed by atoms with Gasteiger partial charge in [0, 0.05) is 13.1 Å². The number of carboxylic acids is 1. The molecule has 0 unspecified atom stereocenters. The SMILES string of the molecule is CN(C)CCCNC(=O)NCC1CCC(C(=O)O)CC1. The van der Waals surface area contributed by atoms with Gasteiger partial charge in [-0.05, 0) is 58.7 Å². The van der Waals surface area contributed by atoms with Crippen molar-refractivity contribution in [2.75, 3.05) is 33.7 Å². The third kappa shape index (κ3) is 6.75. The van der Waals surface area contributed by atoms with Crippen molar-refractivity contribution in [3.05, 3.63) is 0 Å². The molecule has 0 aromatic rings. The van der Waals surface area contributed by atoms with Gasteiger partial charge in [-0.2, -0.15) is 0 Å². The summed E-state index contributed by atoms with van der Waals surface area (Å²) in [5, 5.41) is 14.6. The van der Waals surface area contributed by atoms with Crippen LogP contribution >= 0.6 is 0 Å². The van der Waals surface area contributed by atoms with Crippen LogP contribution in [-0.2, 0) is 4.79 Å². The van der Waals surface area contributed by atoms with Crippen LogP contribution in [0, 0.1) is 11.8 Å². The lowest BCUT2D eigenvalue weighted by Gasteiger charge is -2.26. The van der Waals surface area contributed by atoms with E-state index in [4.69, 9.17) is 5.11 Å². The van der Waals surface area contributed by atoms with E-state index in [1.54, 1.807) is 0 Å². The Morgan fingerprint density at radius 1 is 1.15 bits per heavy atom. The molecule has 0 heterocycles. The van der Waals surface area contributed by atoms with Gasteiger partial charge in [-0.15, -0.1) is 0 Å². The molecule has 1 aliphatic rings. The van der Waals surface area contributed by atoms with Gasteiger partial charge in [0.1, 0.15) is 0 Å². The zero-order valence-electron chi connectivity index (χ0n) is 12.5. The summed E-state index contributed by atoms with van der Waals surface area (Å²) in [6.45, 7) is 2.28. The molecule has 20 heavy (non-hydrogen) atoms. The van der Waals surface area contributed by atoms with Gasteiger partial charge >= 0.3 is 12.0 Å². The fraction of sp³-hybridized carbons (Fsp3) is 0.857. The van der Waals surface area contributed by atoms with E-state index in [9.17, 15) is 9.59 Å². The van der Waals surface area contributed by atoms with Crippen molar-refractivity contribution in [1.29, 1.82) is 0 Å². The molecule has 0 atom stereocenters. The molecule has 0 spiro atoms. The summed E-state index contributed by atoms with van der Waals surface area (Å²) in [4.78, 5) is 24.5. The summed E-state index contributed by atoms with van der Waals surface area (Å²) in [5.74, 6) is -0.459. The van der Waals surface area contributed by atoms with Crippen LogP contribution in [0.3, 0.4) is 0 Å². The van der Waals surface area contributed by atoms with Crippen molar-refractivity contribution < 1.29 is 14.7 Å². The lowest BCUT2D eigenvalue weighted by molar-refractivity contribution is -0.143. The number of carbonyl (C=O) groups excluding carboxylic acids is 1. The highest BCUT2D eigenvalue weighted by Crippen LogP contribution is 2.28. The Bertz CT molecular complexity index is 313. The standard InChI is InChI=1S/C14H27N3O3/c1-17(2)9-3-8-15-14(20)16-10-11-4-6-12(7-5-11)13(18)19/h11-12H,3-10H2,1-2H3,(H,18,19)(H2,15,16,20). The summed E-state index contributed by atoms with van der Waals surface area (Å²) >= 11 is 0. The van der Waals surface area contributed by atoms with E-state index in [-0.39, 0.29) is 11.9 Å². The van der Waals surface area contributed by atoms with Crippen LogP contribution in [0.1, 0.15) is 32.1 Å². The minimum absolute atomic E-state index is 0.121. The lowest BCUT2D eigenvalue weighted by Crippen LogP contribution is -2.40. The van der Waals surface area contributed by atoms with Crippen LogP contribution in [0.4, 0.5) is 4.79 Å². The van der Waals surface area contributed by atoms with E-state index in [0.29, 0.717) is 19.0 Å². The molecule has 0 saturated heterocycles. The maximum atomic E-state index is 11.6. The van der Waals surface area contributed by atoms with Crippen molar-refractivity contribution in [2.45, 2.75) is 32.1 Å². The van der Waals surface area contributed by atoms with E-state index in [2.05, 4.69) is 15.5 Å². The Balaban J connectivity index is 2.06. The lowest BCUT2D eigenvalue weighted by atomic mass is 9.82. The number of rotatable bonds is 7. The highest BCUT2D eigenvalue weighted by molar-refractivity contribution is 5.73. The van der Waals surface area contributed by atoms with Gasteiger partial charge < -0.3 is 20.6 Å². The van der Waals surface area contributed by atoms with Gasteiger partial charge in [0.15, 0.2) is 0 Å². The fourth-order valence-corrected chi connectivity index (χ4v) is 2.51. The molecular weight excluding hydrogens is 258 g/mol. The summed E-state index contributed by atoms with van der Waals surface area (Å²) in [6, 6.07) is -0.121. The van der Waals surface area contributed by atoms with E-state index < -0.39 is 5.97 Å². The van der Waals surface area contributed by atoms with Crippen LogP contribution < -0.4 is 10.6 Å². The number of hydrogen-bond donors (Lipinski definition) is 3. The molecule has 6 heteroatoms. The van der Waals surface area contributed by atoms with E-state index in [1.165, 1.54) is 0 Å². The molecular formula is C14H27N3O3. The van der Waals surface area contributed by atoms with E-state index in [1.807, 2.05) is 14.1 Å². The van der Waals surface area contributed by atoms with Crippen LogP contribution in [0.5, 0.6) is 0 Å². The summed E-state index contributed by atoms with van der Waals surface area (Å²) in [5.41, 5.74) is 0. The predicted octanol–water partition coefficient (Wildman–Crippen LogP) is 1.13. The number of carboxylic acid groups (broad SMARTS) is 1. The number of aliphatic carboxylic acids is 1. The molecule has 0 bridgehead atoms. The van der Waals surface area contributed by atoms with Crippen molar-refractivity contribution in [2.24, 2.45) is 11.8 Å². The Labute approximate surface area is 120 Å². The molecule has 0 aromatic carbocycles. The van der Waals surface area contributed by atoms with Crippen molar-refractivity contribution in [1.82, 2.24) is 15.5 Å². The Morgan fingerprint density at radius 2 is 1.80 bits per heavy atom. The smallest absolute Gasteiger partial charge is 0.314 e. The number of nitrogens with one attached hydrogen (secondary N) is 2. The monoisotopic (exact) mass is 285 g/mol. The van der Waals surface area contributed by atoms with Crippen LogP contribution in [0.2, 0.25) is 0 Å². The topological polar surface area (TPSA) is 81.7 Å². The first kappa shape index (κ1) is 16.8. The number of carbonyl (C=O) groups is 2. The Hall–Kier alpha value is -1.30. The van der Waals surface area contributed by atoms with Gasteiger partial charge in [0.2, 0.25) is 0 Å². The molecule has 2 amide bonds. The highest BCUT2D eigenvalue weighted by Gasteiger charge is 2.25. The molecule has 6 nitrogen and oxygen atoms in total. The summed E-state index contributed by atoms with van der Waals surface area (Å²) in [6.07, 6.45) is 4.16. The van der Waals surface area contributed by atoms with Gasteiger partial charge in [-0.25, -0.2) is 4.79 Å². The third-order valence-electron chi connectivity index (χ3n) is 3.81. The Kier molecular flexibility index (Phi) is 7.36. The molecule has 1 rings (SSSR count). The van der Waals surface area contributed by atoms with Crippen molar-refractivity contribution >= 4 is 12.0 Å². The molecule has 1 saturated carbocycles. The molecule has 1 aliphatic carbocycles. The van der Waals surface area contributed by atoms with Crippen molar-refractivity contribution in [3.63, 3.8) is 0 Å². The summed E-state index contributed by atoms with van der Waals surface area (Å²) in [7, 11) is 4.01. The molecule has 3 N–H and O–H groups in total. The number of hydrogen-bond acceptors (Lipinski definition) is 3. The zero-order chi connectivity index (χ0) is 15.0. The van der Waals surface area contributed by atoms with Gasteiger partial charge in [-0.1, -0.05) is 0 Å². The zero-order valence-corrected chi connectivity index (χ0v) is 12.5. The van der Waals surface area contributed by atoms with Crippen LogP contribution in [0.15, 0.2) is 0 Å². The quantitative estimate of drug-likeness (QED) is 0.612. The third-order valence-corrected chi connectivity index (χ3v) is 3.81. The summed E-state index contributed by atoms with van der Waals surface area (Å²) < 4.78 is 0. The molecule has 116 valence electrons. The normalized spacial score (nSPS) is 22.6. The number of amides is 2. The average molecular weight is 285 g/mol. The first-order valence-corrected chi connectivity index (χ1v) is 7.38. The first-order chi connectivity index (χ1) is 9.49. The van der Waals surface area contributed by atoms with Gasteiger partial charge in [0.05, 0.1) is 5.92 Å². The maximum absolute atomic E-state index is 11.6. The minimum atomic E-state index is -0.685. The average Bonchev–Trinajstić information content (AvgIpc) is 2.41. The molecule has 0 aromatic heterocycles. The fourth-order valence-electron chi connectivity index (χ4n) is 2.51. The van der Waals surface area contributed by atoms with Gasteiger partial charge in [-0.3, -0.25) is 4.79 Å². The first-order valence-electron chi connectivity index (χ1n) is 7.38.